The number of carbonyl (C=O) groups is 3. The second-order valence-corrected chi connectivity index (χ2v) is 6.07. The van der Waals surface area contributed by atoms with Crippen molar-refractivity contribution in [3.05, 3.63) is 48.6 Å². The van der Waals surface area contributed by atoms with E-state index >= 15 is 0 Å². The van der Waals surface area contributed by atoms with E-state index in [9.17, 15) is 14.4 Å². The molecule has 1 aromatic rings. The summed E-state index contributed by atoms with van der Waals surface area (Å²) in [6.45, 7) is 4.79. The molecule has 2 rings (SSSR count). The first-order chi connectivity index (χ1) is 12.0. The topological polar surface area (TPSA) is 81.7 Å². The van der Waals surface area contributed by atoms with Gasteiger partial charge in [0.05, 0.1) is 0 Å². The Bertz CT molecular complexity index is 634. The third kappa shape index (κ3) is 4.92. The van der Waals surface area contributed by atoms with E-state index in [1.54, 1.807) is 24.3 Å². The van der Waals surface area contributed by atoms with Crippen molar-refractivity contribution in [1.29, 1.82) is 0 Å². The zero-order chi connectivity index (χ0) is 18.3. The van der Waals surface area contributed by atoms with Crippen LogP contribution in [0.5, 0.6) is 0 Å². The maximum absolute atomic E-state index is 13.0. The van der Waals surface area contributed by atoms with Crippen LogP contribution in [0.4, 0.5) is 4.79 Å². The molecular weight excluding hydrogens is 322 g/mol. The Morgan fingerprint density at radius 3 is 2.40 bits per heavy atom. The van der Waals surface area contributed by atoms with Gasteiger partial charge in [0.25, 0.3) is 0 Å². The summed E-state index contributed by atoms with van der Waals surface area (Å²) in [6.07, 6.45) is 2.93. The Balaban J connectivity index is 2.09. The molecule has 134 valence electrons. The van der Waals surface area contributed by atoms with Crippen LogP contribution in [0.3, 0.4) is 0 Å². The summed E-state index contributed by atoms with van der Waals surface area (Å²) in [5.74, 6) is -0.848. The van der Waals surface area contributed by atoms with E-state index in [1.165, 1.54) is 6.92 Å². The van der Waals surface area contributed by atoms with Crippen LogP contribution in [0.15, 0.2) is 43.0 Å². The highest BCUT2D eigenvalue weighted by Gasteiger charge is 2.43. The molecule has 1 aliphatic carbocycles. The van der Waals surface area contributed by atoms with Gasteiger partial charge in [-0.25, -0.2) is 9.59 Å². The lowest BCUT2D eigenvalue weighted by molar-refractivity contribution is -0.143. The number of Topliss-reactive ketones (excluding diaryl/α,β-unsaturated/α-hetero) is 1. The molecule has 6 heteroatoms. The van der Waals surface area contributed by atoms with Crippen molar-refractivity contribution in [2.75, 3.05) is 0 Å². The molecule has 1 saturated carbocycles. The first-order valence-electron chi connectivity index (χ1n) is 8.39. The van der Waals surface area contributed by atoms with Crippen molar-refractivity contribution in [3.8, 4) is 0 Å². The van der Waals surface area contributed by atoms with Crippen molar-refractivity contribution >= 4 is 17.8 Å². The van der Waals surface area contributed by atoms with Crippen molar-refractivity contribution < 1.29 is 23.9 Å². The molecule has 1 aliphatic rings. The number of ether oxygens (including phenoxy) is 2. The van der Waals surface area contributed by atoms with Gasteiger partial charge in [-0.05, 0) is 32.6 Å². The van der Waals surface area contributed by atoms with E-state index in [4.69, 9.17) is 9.47 Å². The van der Waals surface area contributed by atoms with Gasteiger partial charge in [0.1, 0.15) is 0 Å². The molecule has 0 spiro atoms. The van der Waals surface area contributed by atoms with E-state index in [0.29, 0.717) is 18.4 Å². The third-order valence-electron chi connectivity index (χ3n) is 4.18. The predicted octanol–water partition coefficient (Wildman–Crippen LogP) is 3.37. The van der Waals surface area contributed by atoms with E-state index < -0.39 is 23.9 Å². The smallest absolute Gasteiger partial charge is 0.410 e. The van der Waals surface area contributed by atoms with Crippen LogP contribution < -0.4 is 5.32 Å². The maximum atomic E-state index is 13.0. The molecule has 1 unspecified atom stereocenters. The number of hydrogen-bond acceptors (Lipinski definition) is 5. The lowest BCUT2D eigenvalue weighted by Crippen LogP contribution is -2.49. The van der Waals surface area contributed by atoms with E-state index in [1.807, 2.05) is 6.07 Å². The number of hydrogen-bond donors (Lipinski definition) is 1. The number of esters is 1. The molecule has 1 aromatic carbocycles. The van der Waals surface area contributed by atoms with Gasteiger partial charge < -0.3 is 9.47 Å². The number of rotatable bonds is 6. The van der Waals surface area contributed by atoms with Crippen molar-refractivity contribution in [2.24, 2.45) is 0 Å². The van der Waals surface area contributed by atoms with E-state index in [0.717, 1.165) is 25.3 Å². The van der Waals surface area contributed by atoms with Gasteiger partial charge >= 0.3 is 12.1 Å². The van der Waals surface area contributed by atoms with Crippen LogP contribution in [0.1, 0.15) is 49.4 Å². The minimum absolute atomic E-state index is 0.196. The molecular formula is C19H23NO5. The van der Waals surface area contributed by atoms with Crippen LogP contribution in [0.25, 0.3) is 0 Å². The van der Waals surface area contributed by atoms with Crippen LogP contribution >= 0.6 is 0 Å². The fraction of sp³-hybridized carbons (Fsp3) is 0.421. The predicted molar refractivity (Wildman–Crippen MR) is 92.0 cm³/mol. The molecule has 1 amide bonds. The number of ketones is 1. The van der Waals surface area contributed by atoms with Gasteiger partial charge in [-0.3, -0.25) is 10.1 Å². The zero-order valence-corrected chi connectivity index (χ0v) is 14.3. The van der Waals surface area contributed by atoms with Crippen LogP contribution in [-0.2, 0) is 14.3 Å². The summed E-state index contributed by atoms with van der Waals surface area (Å²) in [5.41, 5.74) is -0.658. The van der Waals surface area contributed by atoms with Gasteiger partial charge in [0.2, 0.25) is 5.78 Å². The molecule has 25 heavy (non-hydrogen) atoms. The fourth-order valence-corrected chi connectivity index (χ4v) is 2.98. The summed E-state index contributed by atoms with van der Waals surface area (Å²) in [4.78, 5) is 36.4. The molecule has 1 atom stereocenters. The number of nitrogens with one attached hydrogen (secondary N) is 1. The molecule has 1 N–H and O–H groups in total. The second-order valence-electron chi connectivity index (χ2n) is 6.07. The molecule has 6 nitrogen and oxygen atoms in total. The summed E-state index contributed by atoms with van der Waals surface area (Å²) in [7, 11) is 0. The summed E-state index contributed by atoms with van der Waals surface area (Å²) in [5, 5.41) is 2.42. The first-order valence-corrected chi connectivity index (χ1v) is 8.39. The third-order valence-corrected chi connectivity index (χ3v) is 4.18. The minimum Gasteiger partial charge on any atom is -0.439 e. The maximum Gasteiger partial charge on any atom is 0.410 e. The van der Waals surface area contributed by atoms with Crippen molar-refractivity contribution in [1.82, 2.24) is 5.32 Å². The molecule has 1 fully saturated rings. The first kappa shape index (κ1) is 18.7. The molecule has 0 bridgehead atoms. The second kappa shape index (κ2) is 8.46. The Kier molecular flexibility index (Phi) is 6.33. The lowest BCUT2D eigenvalue weighted by atomic mass is 9.79. The highest BCUT2D eigenvalue weighted by Crippen LogP contribution is 2.35. The highest BCUT2D eigenvalue weighted by molar-refractivity contribution is 6.03. The van der Waals surface area contributed by atoms with Gasteiger partial charge in [-0.15, -0.1) is 0 Å². The quantitative estimate of drug-likeness (QED) is 0.370. The average molecular weight is 345 g/mol. The average Bonchev–Trinajstić information content (AvgIpc) is 2.62. The van der Waals surface area contributed by atoms with Crippen LogP contribution in [0.2, 0.25) is 0 Å². The monoisotopic (exact) mass is 345 g/mol. The Hall–Kier alpha value is -2.63. The molecule has 0 heterocycles. The van der Waals surface area contributed by atoms with E-state index in [2.05, 4.69) is 11.9 Å². The van der Waals surface area contributed by atoms with Crippen LogP contribution in [0, 0.1) is 0 Å². The van der Waals surface area contributed by atoms with Gasteiger partial charge in [0.15, 0.2) is 11.8 Å². The normalized spacial score (nSPS) is 17.0. The number of carbonyl (C=O) groups excluding carboxylic acids is 3. The van der Waals surface area contributed by atoms with E-state index in [-0.39, 0.29) is 5.78 Å². The minimum atomic E-state index is -1.17. The number of alkyl carbamates (subject to hydrolysis) is 1. The number of amides is 1. The molecule has 0 aromatic heterocycles. The lowest BCUT2D eigenvalue weighted by Gasteiger charge is -2.35. The Labute approximate surface area is 147 Å². The standard InChI is InChI=1S/C19H23NO5/c1-3-16(21)24-14(2)20-18(23)25-19(12-8-5-9-13-19)17(22)15-10-6-4-7-11-15/h3-4,6-7,10-11,14H,1,5,8-9,12-13H2,2H3,(H,20,23). The fourth-order valence-electron chi connectivity index (χ4n) is 2.98. The van der Waals surface area contributed by atoms with Crippen LogP contribution in [-0.4, -0.2) is 29.7 Å². The zero-order valence-electron chi connectivity index (χ0n) is 14.3. The van der Waals surface area contributed by atoms with Gasteiger partial charge in [0, 0.05) is 11.6 Å². The summed E-state index contributed by atoms with van der Waals surface area (Å²) < 4.78 is 10.4. The summed E-state index contributed by atoms with van der Waals surface area (Å²) in [6, 6.07) is 8.82. The molecule has 0 radical (unpaired) electrons. The van der Waals surface area contributed by atoms with Gasteiger partial charge in [-0.2, -0.15) is 0 Å². The molecule has 0 aliphatic heterocycles. The van der Waals surface area contributed by atoms with Gasteiger partial charge in [-0.1, -0.05) is 43.3 Å². The van der Waals surface area contributed by atoms with Crippen molar-refractivity contribution in [2.45, 2.75) is 50.9 Å². The number of benzene rings is 1. The molecule has 0 saturated heterocycles. The Morgan fingerprint density at radius 1 is 1.16 bits per heavy atom. The highest BCUT2D eigenvalue weighted by atomic mass is 16.6. The largest absolute Gasteiger partial charge is 0.439 e. The Morgan fingerprint density at radius 2 is 1.80 bits per heavy atom. The SMILES string of the molecule is C=CC(=O)OC(C)NC(=O)OC1(C(=O)c2ccccc2)CCCCC1. The van der Waals surface area contributed by atoms with Crippen molar-refractivity contribution in [3.63, 3.8) is 0 Å². The summed E-state index contributed by atoms with van der Waals surface area (Å²) >= 11 is 0.